The Morgan fingerprint density at radius 1 is 0.509 bits per heavy atom. The normalized spacial score (nSPS) is 15.3. The van der Waals surface area contributed by atoms with E-state index in [4.69, 9.17) is 28.7 Å². The van der Waals surface area contributed by atoms with Gasteiger partial charge in [0.25, 0.3) is 0 Å². The highest BCUT2D eigenvalue weighted by molar-refractivity contribution is 6.62. The van der Waals surface area contributed by atoms with Gasteiger partial charge in [0.2, 0.25) is 0 Å². The van der Waals surface area contributed by atoms with Crippen molar-refractivity contribution in [1.82, 2.24) is 19.5 Å². The third-order valence-electron chi connectivity index (χ3n) is 10.9. The Labute approximate surface area is 307 Å². The van der Waals surface area contributed by atoms with Crippen LogP contribution in [0.5, 0.6) is 0 Å². The van der Waals surface area contributed by atoms with Crippen molar-refractivity contribution >= 4 is 56.3 Å². The molecule has 0 atom stereocenters. The Morgan fingerprint density at radius 2 is 1.11 bits per heavy atom. The van der Waals surface area contributed by atoms with Crippen LogP contribution in [0.3, 0.4) is 0 Å². The highest BCUT2D eigenvalue weighted by atomic mass is 16.7. The highest BCUT2D eigenvalue weighted by Crippen LogP contribution is 2.39. The van der Waals surface area contributed by atoms with Crippen LogP contribution in [0.1, 0.15) is 27.7 Å². The lowest BCUT2D eigenvalue weighted by molar-refractivity contribution is 0.00578. The Balaban J connectivity index is 1.13. The first-order valence-electron chi connectivity index (χ1n) is 18.0. The summed E-state index contributed by atoms with van der Waals surface area (Å²) in [4.78, 5) is 15.3. The van der Waals surface area contributed by atoms with Gasteiger partial charge in [-0.15, -0.1) is 0 Å². The molecule has 0 unspecified atom stereocenters. The Kier molecular flexibility index (Phi) is 6.99. The molecule has 6 aromatic carbocycles. The van der Waals surface area contributed by atoms with Gasteiger partial charge in [-0.2, -0.15) is 0 Å². The predicted octanol–water partition coefficient (Wildman–Crippen LogP) is 10.2. The molecule has 4 heterocycles. The monoisotopic (exact) mass is 690 g/mol. The Bertz CT molecular complexity index is 2810. The summed E-state index contributed by atoms with van der Waals surface area (Å²) in [6.07, 6.45) is 0. The zero-order valence-electron chi connectivity index (χ0n) is 29.9. The number of aromatic nitrogens is 4. The van der Waals surface area contributed by atoms with Gasteiger partial charge in [0.1, 0.15) is 11.2 Å². The van der Waals surface area contributed by atoms with Crippen molar-refractivity contribution in [3.8, 4) is 39.9 Å². The van der Waals surface area contributed by atoms with E-state index in [2.05, 4.69) is 123 Å². The number of hydrogen-bond donors (Lipinski definition) is 0. The minimum absolute atomic E-state index is 0.441. The molecule has 256 valence electrons. The summed E-state index contributed by atoms with van der Waals surface area (Å²) in [5.41, 5.74) is 7.51. The quantitative estimate of drug-likeness (QED) is 0.167. The lowest BCUT2D eigenvalue weighted by Crippen LogP contribution is -2.41. The van der Waals surface area contributed by atoms with Gasteiger partial charge in [-0.1, -0.05) is 103 Å². The Morgan fingerprint density at radius 3 is 1.83 bits per heavy atom. The van der Waals surface area contributed by atoms with Crippen LogP contribution < -0.4 is 5.46 Å². The molecule has 8 heteroatoms. The van der Waals surface area contributed by atoms with Crippen LogP contribution in [0.15, 0.2) is 144 Å². The summed E-state index contributed by atoms with van der Waals surface area (Å²) >= 11 is 0. The Hall–Kier alpha value is -6.09. The molecule has 1 saturated heterocycles. The molecule has 53 heavy (non-hydrogen) atoms. The largest absolute Gasteiger partial charge is 0.494 e. The fraction of sp³-hybridized carbons (Fsp3) is 0.133. The molecule has 0 aliphatic carbocycles. The second kappa shape index (κ2) is 11.7. The van der Waals surface area contributed by atoms with Crippen molar-refractivity contribution in [2.75, 3.05) is 0 Å². The summed E-state index contributed by atoms with van der Waals surface area (Å²) in [6.45, 7) is 8.25. The van der Waals surface area contributed by atoms with Crippen LogP contribution >= 0.6 is 0 Å². The molecular weight excluding hydrogens is 655 g/mol. The predicted molar refractivity (Wildman–Crippen MR) is 213 cm³/mol. The summed E-state index contributed by atoms with van der Waals surface area (Å²) in [6, 6.07) is 47.8. The lowest BCUT2D eigenvalue weighted by atomic mass is 9.79. The highest BCUT2D eigenvalue weighted by Gasteiger charge is 2.51. The van der Waals surface area contributed by atoms with Crippen molar-refractivity contribution in [3.05, 3.63) is 140 Å². The van der Waals surface area contributed by atoms with Crippen LogP contribution in [0.4, 0.5) is 0 Å². The van der Waals surface area contributed by atoms with E-state index in [0.717, 1.165) is 60.8 Å². The van der Waals surface area contributed by atoms with Crippen LogP contribution in [0.25, 0.3) is 83.6 Å². The maximum Gasteiger partial charge on any atom is 0.494 e. The van der Waals surface area contributed by atoms with Gasteiger partial charge in [0, 0.05) is 43.9 Å². The molecular formula is C45H35BN4O3. The van der Waals surface area contributed by atoms with Crippen molar-refractivity contribution in [1.29, 1.82) is 0 Å². The molecule has 0 spiro atoms. The topological polar surface area (TPSA) is 75.2 Å². The van der Waals surface area contributed by atoms with Crippen LogP contribution in [0.2, 0.25) is 0 Å². The average Bonchev–Trinajstić information content (AvgIpc) is 3.80. The standard InChI is InChI=1S/C45H35BN4O3/c1-44(2)45(3,4)53-46(52-44)30-24-25-34-39(27-30)51-38-23-13-20-35(40(34)38)43-48-41(28-14-6-5-7-15-28)47-42(49-43)29-16-12-17-31(26-29)50-36-21-10-8-18-32(36)33-19-9-11-22-37(33)50/h5-27H,1-4H3. The van der Waals surface area contributed by atoms with Crippen LogP contribution in [-0.2, 0) is 9.31 Å². The van der Waals surface area contributed by atoms with Gasteiger partial charge in [0.15, 0.2) is 17.5 Å². The summed E-state index contributed by atoms with van der Waals surface area (Å²) in [5, 5.41) is 4.34. The zero-order chi connectivity index (χ0) is 35.9. The number of furan rings is 1. The molecule has 7 nitrogen and oxygen atoms in total. The molecule has 0 radical (unpaired) electrons. The molecule has 0 amide bonds. The fourth-order valence-corrected chi connectivity index (χ4v) is 7.48. The first kappa shape index (κ1) is 31.6. The number of para-hydroxylation sites is 2. The van der Waals surface area contributed by atoms with Gasteiger partial charge in [0.05, 0.1) is 22.2 Å². The molecule has 1 aliphatic rings. The van der Waals surface area contributed by atoms with Crippen molar-refractivity contribution < 1.29 is 13.7 Å². The first-order valence-corrected chi connectivity index (χ1v) is 18.0. The van der Waals surface area contributed by atoms with Gasteiger partial charge in [-0.25, -0.2) is 15.0 Å². The zero-order valence-corrected chi connectivity index (χ0v) is 29.9. The number of fused-ring (bicyclic) bond motifs is 6. The molecule has 0 N–H and O–H groups in total. The van der Waals surface area contributed by atoms with E-state index in [1.807, 2.05) is 48.5 Å². The van der Waals surface area contributed by atoms with Crippen molar-refractivity contribution in [2.45, 2.75) is 38.9 Å². The summed E-state index contributed by atoms with van der Waals surface area (Å²) in [5.74, 6) is 1.75. The van der Waals surface area contributed by atoms with Gasteiger partial charge >= 0.3 is 7.12 Å². The molecule has 3 aromatic heterocycles. The van der Waals surface area contributed by atoms with Gasteiger partial charge < -0.3 is 18.3 Å². The third-order valence-corrected chi connectivity index (χ3v) is 10.9. The second-order valence-corrected chi connectivity index (χ2v) is 14.7. The van der Waals surface area contributed by atoms with Crippen molar-refractivity contribution in [3.63, 3.8) is 0 Å². The maximum atomic E-state index is 6.49. The van der Waals surface area contributed by atoms with Crippen molar-refractivity contribution in [2.24, 2.45) is 0 Å². The van der Waals surface area contributed by atoms with E-state index in [0.29, 0.717) is 17.5 Å². The number of rotatable bonds is 5. The van der Waals surface area contributed by atoms with E-state index in [1.165, 1.54) is 10.8 Å². The molecule has 0 bridgehead atoms. The minimum atomic E-state index is -0.491. The van der Waals surface area contributed by atoms with Gasteiger partial charge in [-0.05, 0) is 69.6 Å². The van der Waals surface area contributed by atoms with E-state index >= 15 is 0 Å². The molecule has 1 aliphatic heterocycles. The lowest BCUT2D eigenvalue weighted by Gasteiger charge is -2.32. The third kappa shape index (κ3) is 5.09. The van der Waals surface area contributed by atoms with E-state index in [-0.39, 0.29) is 0 Å². The summed E-state index contributed by atoms with van der Waals surface area (Å²) in [7, 11) is -0.491. The number of benzene rings is 6. The molecule has 9 aromatic rings. The molecule has 10 rings (SSSR count). The fourth-order valence-electron chi connectivity index (χ4n) is 7.48. The average molecular weight is 691 g/mol. The SMILES string of the molecule is CC1(C)OB(c2ccc3c(c2)oc2cccc(-c4nc(-c5ccccc5)nc(-c5cccc(-n6c7ccccc7c7ccccc76)c5)n4)c23)OC1(C)C. The molecule has 0 saturated carbocycles. The van der Waals surface area contributed by atoms with Crippen LogP contribution in [-0.4, -0.2) is 37.8 Å². The minimum Gasteiger partial charge on any atom is -0.456 e. The smallest absolute Gasteiger partial charge is 0.456 e. The number of hydrogen-bond acceptors (Lipinski definition) is 6. The van der Waals surface area contributed by atoms with Crippen LogP contribution in [0, 0.1) is 0 Å². The number of nitrogens with zero attached hydrogens (tertiary/aromatic N) is 4. The second-order valence-electron chi connectivity index (χ2n) is 14.7. The first-order chi connectivity index (χ1) is 25.7. The van der Waals surface area contributed by atoms with E-state index in [1.54, 1.807) is 0 Å². The van der Waals surface area contributed by atoms with E-state index < -0.39 is 18.3 Å². The molecule has 1 fully saturated rings. The maximum absolute atomic E-state index is 6.49. The van der Waals surface area contributed by atoms with Gasteiger partial charge in [-0.3, -0.25) is 0 Å². The summed E-state index contributed by atoms with van der Waals surface area (Å²) < 4.78 is 21.5. The van der Waals surface area contributed by atoms with E-state index in [9.17, 15) is 0 Å².